The Morgan fingerprint density at radius 1 is 1.38 bits per heavy atom. The van der Waals surface area contributed by atoms with Crippen LogP contribution in [-0.4, -0.2) is 46.4 Å². The van der Waals surface area contributed by atoms with E-state index in [-0.39, 0.29) is 12.1 Å². The predicted molar refractivity (Wildman–Crippen MR) is 102 cm³/mol. The van der Waals surface area contributed by atoms with Crippen molar-refractivity contribution in [1.82, 2.24) is 19.9 Å². The van der Waals surface area contributed by atoms with Gasteiger partial charge in [0.25, 0.3) is 0 Å². The van der Waals surface area contributed by atoms with E-state index in [4.69, 9.17) is 9.72 Å². The van der Waals surface area contributed by atoms with Gasteiger partial charge < -0.3 is 15.0 Å². The van der Waals surface area contributed by atoms with Gasteiger partial charge in [-0.3, -0.25) is 0 Å². The number of hydrogen-bond acceptors (Lipinski definition) is 5. The molecule has 3 rings (SSSR count). The first kappa shape index (κ1) is 18.2. The van der Waals surface area contributed by atoms with Crippen molar-refractivity contribution in [3.63, 3.8) is 0 Å². The fourth-order valence-electron chi connectivity index (χ4n) is 3.05. The number of nitrogens with zero attached hydrogens (tertiary/aromatic N) is 4. The third kappa shape index (κ3) is 4.15. The molecule has 1 atom stereocenters. The normalized spacial score (nSPS) is 17.7. The van der Waals surface area contributed by atoms with Crippen LogP contribution in [0.15, 0.2) is 24.4 Å². The number of allylic oxidation sites excluding steroid dienone is 1. The van der Waals surface area contributed by atoms with Gasteiger partial charge in [0, 0.05) is 32.3 Å². The number of fused-ring (bicyclic) bond motifs is 1. The summed E-state index contributed by atoms with van der Waals surface area (Å²) in [7, 11) is 3.99. The van der Waals surface area contributed by atoms with E-state index in [2.05, 4.69) is 22.6 Å². The lowest BCUT2D eigenvalue weighted by atomic mass is 9.93. The highest BCUT2D eigenvalue weighted by molar-refractivity contribution is 5.70. The molecular weight excluding hydrogens is 330 g/mol. The molecule has 1 amide bonds. The summed E-state index contributed by atoms with van der Waals surface area (Å²) in [6.07, 6.45) is 6.08. The monoisotopic (exact) mass is 357 g/mol. The van der Waals surface area contributed by atoms with Crippen LogP contribution in [0.25, 0.3) is 11.2 Å². The molecule has 1 aliphatic carbocycles. The van der Waals surface area contributed by atoms with Crippen LogP contribution in [0.1, 0.15) is 45.7 Å². The number of amides is 1. The molecule has 2 aromatic rings. The summed E-state index contributed by atoms with van der Waals surface area (Å²) >= 11 is 0. The summed E-state index contributed by atoms with van der Waals surface area (Å²) in [5.41, 5.74) is 2.53. The molecule has 0 fully saturated rings. The molecule has 7 nitrogen and oxygen atoms in total. The fraction of sp³-hybridized carbons (Fsp3) is 0.526. The van der Waals surface area contributed by atoms with E-state index in [0.29, 0.717) is 0 Å². The minimum Gasteiger partial charge on any atom is -0.444 e. The van der Waals surface area contributed by atoms with Crippen molar-refractivity contribution >= 4 is 23.1 Å². The number of aromatic nitrogens is 3. The lowest BCUT2D eigenvalue weighted by molar-refractivity contribution is 0.0502. The smallest absolute Gasteiger partial charge is 0.407 e. The van der Waals surface area contributed by atoms with Gasteiger partial charge in [0.1, 0.15) is 11.4 Å². The molecule has 0 saturated carbocycles. The van der Waals surface area contributed by atoms with E-state index in [0.717, 1.165) is 36.4 Å². The highest BCUT2D eigenvalue weighted by Crippen LogP contribution is 2.28. The molecule has 0 spiro atoms. The molecule has 0 aliphatic heterocycles. The second kappa shape index (κ2) is 6.97. The van der Waals surface area contributed by atoms with Crippen LogP contribution >= 0.6 is 0 Å². The first-order valence-electron chi connectivity index (χ1n) is 8.94. The van der Waals surface area contributed by atoms with Crippen LogP contribution in [0.5, 0.6) is 0 Å². The number of carbonyl (C=O) groups excluding carboxylic acids is 1. The van der Waals surface area contributed by atoms with Crippen molar-refractivity contribution in [1.29, 1.82) is 0 Å². The van der Waals surface area contributed by atoms with E-state index >= 15 is 0 Å². The van der Waals surface area contributed by atoms with Gasteiger partial charge in [0.2, 0.25) is 0 Å². The second-order valence-electron chi connectivity index (χ2n) is 7.84. The van der Waals surface area contributed by atoms with Gasteiger partial charge in [-0.05, 0) is 45.6 Å². The molecular formula is C19H27N5O2. The van der Waals surface area contributed by atoms with Gasteiger partial charge in [-0.25, -0.2) is 9.78 Å². The molecule has 0 saturated heterocycles. The van der Waals surface area contributed by atoms with Crippen molar-refractivity contribution in [2.75, 3.05) is 19.0 Å². The molecule has 1 N–H and O–H groups in total. The Balaban J connectivity index is 1.73. The number of rotatable bonds is 3. The Bertz CT molecular complexity index is 832. The third-order valence-corrected chi connectivity index (χ3v) is 4.26. The highest BCUT2D eigenvalue weighted by Gasteiger charge is 2.22. The lowest BCUT2D eigenvalue weighted by Crippen LogP contribution is -2.39. The van der Waals surface area contributed by atoms with Crippen molar-refractivity contribution in [3.8, 4) is 0 Å². The van der Waals surface area contributed by atoms with Crippen LogP contribution in [0.2, 0.25) is 0 Å². The van der Waals surface area contributed by atoms with E-state index in [9.17, 15) is 4.79 Å². The number of alkyl carbamates (subject to hydrolysis) is 1. The molecule has 26 heavy (non-hydrogen) atoms. The van der Waals surface area contributed by atoms with Gasteiger partial charge in [0.05, 0.1) is 11.9 Å². The molecule has 1 unspecified atom stereocenters. The van der Waals surface area contributed by atoms with Gasteiger partial charge in [-0.15, -0.1) is 0 Å². The number of anilines is 1. The standard InChI is InChI=1S/C19H27N5O2/c1-19(2,3)26-18(25)21-14-8-6-13(7-9-14)15-12-17(23(4)5)24-16(22-15)10-11-20-24/h6,10-12,14H,7-9H2,1-5H3,(H,21,25). The number of hydrogen-bond donors (Lipinski definition) is 1. The van der Waals surface area contributed by atoms with Crippen LogP contribution in [0.3, 0.4) is 0 Å². The minimum atomic E-state index is -0.479. The van der Waals surface area contributed by atoms with Crippen molar-refractivity contribution in [2.45, 2.75) is 51.7 Å². The van der Waals surface area contributed by atoms with Gasteiger partial charge >= 0.3 is 6.09 Å². The van der Waals surface area contributed by atoms with E-state index in [1.165, 1.54) is 5.57 Å². The average Bonchev–Trinajstić information content (AvgIpc) is 3.01. The first-order valence-corrected chi connectivity index (χ1v) is 8.94. The predicted octanol–water partition coefficient (Wildman–Crippen LogP) is 3.26. The molecule has 0 bridgehead atoms. The van der Waals surface area contributed by atoms with E-state index in [1.54, 1.807) is 6.20 Å². The van der Waals surface area contributed by atoms with Gasteiger partial charge in [-0.2, -0.15) is 9.61 Å². The zero-order valence-electron chi connectivity index (χ0n) is 16.1. The topological polar surface area (TPSA) is 71.8 Å². The number of carbonyl (C=O) groups is 1. The van der Waals surface area contributed by atoms with Crippen molar-refractivity contribution in [3.05, 3.63) is 30.1 Å². The second-order valence-corrected chi connectivity index (χ2v) is 7.84. The SMILES string of the molecule is CN(C)c1cc(C2=CCC(NC(=O)OC(C)(C)C)CC2)nc2ccnn12. The molecule has 7 heteroatoms. The lowest BCUT2D eigenvalue weighted by Gasteiger charge is -2.26. The summed E-state index contributed by atoms with van der Waals surface area (Å²) in [4.78, 5) is 18.7. The van der Waals surface area contributed by atoms with Crippen LogP contribution < -0.4 is 10.2 Å². The largest absolute Gasteiger partial charge is 0.444 e. The molecule has 1 aliphatic rings. The minimum absolute atomic E-state index is 0.0978. The molecule has 140 valence electrons. The molecule has 0 aromatic carbocycles. The zero-order chi connectivity index (χ0) is 18.9. The third-order valence-electron chi connectivity index (χ3n) is 4.26. The maximum absolute atomic E-state index is 11.9. The summed E-state index contributed by atoms with van der Waals surface area (Å²) in [6, 6.07) is 4.07. The maximum Gasteiger partial charge on any atom is 0.407 e. The van der Waals surface area contributed by atoms with Crippen LogP contribution in [0, 0.1) is 0 Å². The van der Waals surface area contributed by atoms with E-state index in [1.807, 2.05) is 50.3 Å². The maximum atomic E-state index is 11.9. The number of ether oxygens (including phenoxy) is 1. The Kier molecular flexibility index (Phi) is 4.89. The van der Waals surface area contributed by atoms with Crippen LogP contribution in [0.4, 0.5) is 10.6 Å². The fourth-order valence-corrected chi connectivity index (χ4v) is 3.05. The number of nitrogens with one attached hydrogen (secondary N) is 1. The Morgan fingerprint density at radius 3 is 2.77 bits per heavy atom. The summed E-state index contributed by atoms with van der Waals surface area (Å²) < 4.78 is 7.17. The van der Waals surface area contributed by atoms with Gasteiger partial charge in [0.15, 0.2) is 5.65 Å². The summed E-state index contributed by atoms with van der Waals surface area (Å²) in [5.74, 6) is 0.991. The van der Waals surface area contributed by atoms with Crippen LogP contribution in [-0.2, 0) is 4.74 Å². The van der Waals surface area contributed by atoms with Gasteiger partial charge in [-0.1, -0.05) is 6.08 Å². The summed E-state index contributed by atoms with van der Waals surface area (Å²) in [5, 5.41) is 7.29. The Morgan fingerprint density at radius 2 is 2.15 bits per heavy atom. The average molecular weight is 357 g/mol. The molecule has 2 aromatic heterocycles. The van der Waals surface area contributed by atoms with Crippen molar-refractivity contribution < 1.29 is 9.53 Å². The zero-order valence-corrected chi connectivity index (χ0v) is 16.1. The van der Waals surface area contributed by atoms with Crippen molar-refractivity contribution in [2.24, 2.45) is 0 Å². The Labute approximate surface area is 154 Å². The molecule has 0 radical (unpaired) electrons. The highest BCUT2D eigenvalue weighted by atomic mass is 16.6. The molecule has 2 heterocycles. The quantitative estimate of drug-likeness (QED) is 0.913. The summed E-state index contributed by atoms with van der Waals surface area (Å²) in [6.45, 7) is 5.60. The first-order chi connectivity index (χ1) is 12.2. The Hall–Kier alpha value is -2.57. The van der Waals surface area contributed by atoms with E-state index < -0.39 is 5.60 Å².